The highest BCUT2D eigenvalue weighted by Gasteiger charge is 2.28. The molecule has 1 amide bonds. The van der Waals surface area contributed by atoms with E-state index >= 15 is 0 Å². The number of carbonyl (C=O) groups is 1. The quantitative estimate of drug-likeness (QED) is 0.790. The number of likely N-dealkylation sites (N-methyl/N-ethyl adjacent to an activating group) is 1. The summed E-state index contributed by atoms with van der Waals surface area (Å²) in [6, 6.07) is -0.410. The second kappa shape index (κ2) is 9.79. The van der Waals surface area contributed by atoms with E-state index < -0.39 is 6.04 Å². The molecule has 0 bridgehead atoms. The van der Waals surface area contributed by atoms with Crippen LogP contribution >= 0.6 is 24.8 Å². The molecule has 0 aromatic heterocycles. The Labute approximate surface area is 134 Å². The normalized spacial score (nSPS) is 17.9. The van der Waals surface area contributed by atoms with E-state index in [-0.39, 0.29) is 42.2 Å². The minimum Gasteiger partial charge on any atom is -0.381 e. The highest BCUT2D eigenvalue weighted by Crippen LogP contribution is 2.17. The average molecular weight is 330 g/mol. The number of nitrogens with two attached hydrogens (primary N) is 1. The molecular weight excluding hydrogens is 301 g/mol. The topological polar surface area (TPSA) is 67.6 Å². The fourth-order valence-electron chi connectivity index (χ4n) is 1.87. The first-order valence-corrected chi connectivity index (χ1v) is 6.63. The molecular formula is C13H29Cl2N3O2. The van der Waals surface area contributed by atoms with Crippen molar-refractivity contribution in [3.63, 3.8) is 0 Å². The Morgan fingerprint density at radius 2 is 1.85 bits per heavy atom. The second-order valence-electron chi connectivity index (χ2n) is 5.90. The Balaban J connectivity index is 0. The van der Waals surface area contributed by atoms with E-state index in [1.165, 1.54) is 0 Å². The Hall–Kier alpha value is -0.0700. The van der Waals surface area contributed by atoms with Gasteiger partial charge in [0.25, 0.3) is 0 Å². The molecule has 1 fully saturated rings. The van der Waals surface area contributed by atoms with Gasteiger partial charge in [0, 0.05) is 25.3 Å². The SMILES string of the molecule is CN(C)C(C)(C)CNC(=O)C(N)C1CCOCC1.Cl.Cl. The zero-order valence-electron chi connectivity index (χ0n) is 12.8. The number of halogens is 2. The maximum Gasteiger partial charge on any atom is 0.237 e. The van der Waals surface area contributed by atoms with Gasteiger partial charge in [-0.1, -0.05) is 0 Å². The molecule has 3 N–H and O–H groups in total. The van der Waals surface area contributed by atoms with Crippen LogP contribution in [0.15, 0.2) is 0 Å². The molecule has 122 valence electrons. The summed E-state index contributed by atoms with van der Waals surface area (Å²) < 4.78 is 5.28. The van der Waals surface area contributed by atoms with Crippen LogP contribution in [0.5, 0.6) is 0 Å². The first-order valence-electron chi connectivity index (χ1n) is 6.63. The molecule has 0 radical (unpaired) electrons. The summed E-state index contributed by atoms with van der Waals surface area (Å²) in [7, 11) is 4.01. The van der Waals surface area contributed by atoms with Crippen LogP contribution < -0.4 is 11.1 Å². The zero-order chi connectivity index (χ0) is 13.8. The summed E-state index contributed by atoms with van der Waals surface area (Å²) >= 11 is 0. The monoisotopic (exact) mass is 329 g/mol. The minimum atomic E-state index is -0.410. The van der Waals surface area contributed by atoms with E-state index in [9.17, 15) is 4.79 Å². The van der Waals surface area contributed by atoms with Crippen LogP contribution in [0, 0.1) is 5.92 Å². The van der Waals surface area contributed by atoms with Crippen molar-refractivity contribution in [2.24, 2.45) is 11.7 Å². The molecule has 1 heterocycles. The molecule has 0 spiro atoms. The van der Waals surface area contributed by atoms with Crippen molar-refractivity contribution < 1.29 is 9.53 Å². The summed E-state index contributed by atoms with van der Waals surface area (Å²) in [5, 5.41) is 2.95. The van der Waals surface area contributed by atoms with Gasteiger partial charge in [0.15, 0.2) is 0 Å². The summed E-state index contributed by atoms with van der Waals surface area (Å²) in [4.78, 5) is 14.1. The predicted octanol–water partition coefficient (Wildman–Crippen LogP) is 1.04. The van der Waals surface area contributed by atoms with Crippen molar-refractivity contribution in [3.05, 3.63) is 0 Å². The number of hydrogen-bond acceptors (Lipinski definition) is 4. The summed E-state index contributed by atoms with van der Waals surface area (Å²) in [5.41, 5.74) is 5.95. The Kier molecular flexibility index (Phi) is 10.9. The van der Waals surface area contributed by atoms with E-state index in [1.807, 2.05) is 14.1 Å². The van der Waals surface area contributed by atoms with E-state index in [0.29, 0.717) is 6.54 Å². The van der Waals surface area contributed by atoms with Crippen molar-refractivity contribution >= 4 is 30.7 Å². The number of ether oxygens (including phenoxy) is 1. The van der Waals surface area contributed by atoms with Crippen LogP contribution in [0.1, 0.15) is 26.7 Å². The third-order valence-electron chi connectivity index (χ3n) is 3.98. The summed E-state index contributed by atoms with van der Waals surface area (Å²) in [6.45, 7) is 6.22. The molecule has 1 atom stereocenters. The van der Waals surface area contributed by atoms with Gasteiger partial charge in [-0.25, -0.2) is 0 Å². The lowest BCUT2D eigenvalue weighted by atomic mass is 9.91. The van der Waals surface area contributed by atoms with Crippen molar-refractivity contribution in [3.8, 4) is 0 Å². The molecule has 1 aliphatic heterocycles. The fourth-order valence-corrected chi connectivity index (χ4v) is 1.87. The van der Waals surface area contributed by atoms with Gasteiger partial charge in [-0.3, -0.25) is 4.79 Å². The molecule has 1 unspecified atom stereocenters. The van der Waals surface area contributed by atoms with Gasteiger partial charge in [-0.2, -0.15) is 0 Å². The van der Waals surface area contributed by atoms with Crippen LogP contribution in [0.2, 0.25) is 0 Å². The molecule has 0 aromatic carbocycles. The summed E-state index contributed by atoms with van der Waals surface area (Å²) in [5.74, 6) is 0.207. The van der Waals surface area contributed by atoms with Crippen molar-refractivity contribution in [1.82, 2.24) is 10.2 Å². The molecule has 1 rings (SSSR count). The lowest BCUT2D eigenvalue weighted by Gasteiger charge is -2.34. The van der Waals surface area contributed by atoms with Gasteiger partial charge in [-0.15, -0.1) is 24.8 Å². The number of amides is 1. The first kappa shape index (κ1) is 22.2. The molecule has 20 heavy (non-hydrogen) atoms. The molecule has 0 aromatic rings. The van der Waals surface area contributed by atoms with Crippen LogP contribution in [-0.4, -0.2) is 56.2 Å². The van der Waals surface area contributed by atoms with E-state index in [2.05, 4.69) is 24.1 Å². The number of carbonyl (C=O) groups excluding carboxylic acids is 1. The Morgan fingerprint density at radius 3 is 2.30 bits per heavy atom. The van der Waals surface area contributed by atoms with Crippen LogP contribution in [0.3, 0.4) is 0 Å². The van der Waals surface area contributed by atoms with E-state index in [0.717, 1.165) is 26.1 Å². The molecule has 1 saturated heterocycles. The van der Waals surface area contributed by atoms with Gasteiger partial charge in [0.2, 0.25) is 5.91 Å². The molecule has 5 nitrogen and oxygen atoms in total. The summed E-state index contributed by atoms with van der Waals surface area (Å²) in [6.07, 6.45) is 1.76. The average Bonchev–Trinajstić information content (AvgIpc) is 2.36. The highest BCUT2D eigenvalue weighted by atomic mass is 35.5. The standard InChI is InChI=1S/C13H27N3O2.2ClH/c1-13(2,16(3)4)9-15-12(17)11(14)10-5-7-18-8-6-10;;/h10-11H,5-9,14H2,1-4H3,(H,15,17);2*1H. The second-order valence-corrected chi connectivity index (χ2v) is 5.90. The minimum absolute atomic E-state index is 0. The number of nitrogens with one attached hydrogen (secondary N) is 1. The first-order chi connectivity index (χ1) is 8.34. The van der Waals surface area contributed by atoms with Crippen molar-refractivity contribution in [2.45, 2.75) is 38.3 Å². The highest BCUT2D eigenvalue weighted by molar-refractivity contribution is 5.85. The van der Waals surface area contributed by atoms with Gasteiger partial charge in [-0.05, 0) is 46.7 Å². The number of rotatable bonds is 5. The predicted molar refractivity (Wildman–Crippen MR) is 86.8 cm³/mol. The molecule has 1 aliphatic rings. The smallest absolute Gasteiger partial charge is 0.237 e. The van der Waals surface area contributed by atoms with Crippen molar-refractivity contribution in [2.75, 3.05) is 33.9 Å². The number of nitrogens with zero attached hydrogens (tertiary/aromatic N) is 1. The lowest BCUT2D eigenvalue weighted by molar-refractivity contribution is -0.124. The zero-order valence-corrected chi connectivity index (χ0v) is 14.5. The van der Waals surface area contributed by atoms with Crippen LogP contribution in [-0.2, 0) is 9.53 Å². The lowest BCUT2D eigenvalue weighted by Crippen LogP contribution is -2.53. The maximum absolute atomic E-state index is 12.0. The van der Waals surface area contributed by atoms with Crippen molar-refractivity contribution in [1.29, 1.82) is 0 Å². The van der Waals surface area contributed by atoms with Gasteiger partial charge in [0.1, 0.15) is 0 Å². The largest absolute Gasteiger partial charge is 0.381 e. The van der Waals surface area contributed by atoms with Gasteiger partial charge >= 0.3 is 0 Å². The van der Waals surface area contributed by atoms with Crippen LogP contribution in [0.4, 0.5) is 0 Å². The molecule has 0 aliphatic carbocycles. The molecule has 0 saturated carbocycles. The fraction of sp³-hybridized carbons (Fsp3) is 0.923. The van der Waals surface area contributed by atoms with Crippen LogP contribution in [0.25, 0.3) is 0 Å². The third kappa shape index (κ3) is 6.59. The molecule has 7 heteroatoms. The Bertz CT molecular complexity index is 283. The van der Waals surface area contributed by atoms with E-state index in [4.69, 9.17) is 10.5 Å². The van der Waals surface area contributed by atoms with Gasteiger partial charge < -0.3 is 20.7 Å². The number of hydrogen-bond donors (Lipinski definition) is 2. The maximum atomic E-state index is 12.0. The van der Waals surface area contributed by atoms with E-state index in [1.54, 1.807) is 0 Å². The Morgan fingerprint density at radius 1 is 1.35 bits per heavy atom. The van der Waals surface area contributed by atoms with Gasteiger partial charge in [0.05, 0.1) is 6.04 Å². The third-order valence-corrected chi connectivity index (χ3v) is 3.98.